The standard InChI is InChI=1S/C14H18O3/c1-4-5-6-9-17-14-10-12(16-3)7-8-13(14)11(2)15/h1,7-8,10-11,15H,5-6,9H2,2-3H3/t11-/m1/s1. The molecule has 0 saturated carbocycles. The molecule has 0 aliphatic rings. The molecular weight excluding hydrogens is 216 g/mol. The fourth-order valence-corrected chi connectivity index (χ4v) is 1.47. The fourth-order valence-electron chi connectivity index (χ4n) is 1.47. The molecular formula is C14H18O3. The van der Waals surface area contributed by atoms with Crippen LogP contribution < -0.4 is 9.47 Å². The number of aliphatic hydroxyl groups excluding tert-OH is 1. The minimum Gasteiger partial charge on any atom is -0.497 e. The van der Waals surface area contributed by atoms with Gasteiger partial charge in [0.1, 0.15) is 11.5 Å². The first kappa shape index (κ1) is 13.4. The quantitative estimate of drug-likeness (QED) is 0.607. The van der Waals surface area contributed by atoms with E-state index in [-0.39, 0.29) is 0 Å². The molecule has 0 saturated heterocycles. The molecule has 1 aromatic carbocycles. The van der Waals surface area contributed by atoms with E-state index in [0.29, 0.717) is 24.5 Å². The minimum absolute atomic E-state index is 0.539. The van der Waals surface area contributed by atoms with E-state index in [1.807, 2.05) is 0 Å². The molecule has 92 valence electrons. The number of unbranched alkanes of at least 4 members (excludes halogenated alkanes) is 1. The van der Waals surface area contributed by atoms with E-state index in [0.717, 1.165) is 12.0 Å². The summed E-state index contributed by atoms with van der Waals surface area (Å²) in [5, 5.41) is 9.62. The molecule has 0 fully saturated rings. The average Bonchev–Trinajstić information content (AvgIpc) is 2.34. The molecule has 0 aliphatic heterocycles. The number of terminal acetylenes is 1. The smallest absolute Gasteiger partial charge is 0.128 e. The second-order valence-corrected chi connectivity index (χ2v) is 3.74. The zero-order valence-corrected chi connectivity index (χ0v) is 10.3. The van der Waals surface area contributed by atoms with Crippen LogP contribution >= 0.6 is 0 Å². The lowest BCUT2D eigenvalue weighted by Gasteiger charge is -2.14. The third-order valence-corrected chi connectivity index (χ3v) is 2.39. The van der Waals surface area contributed by atoms with Crippen LogP contribution in [0.25, 0.3) is 0 Å². The Morgan fingerprint density at radius 1 is 1.47 bits per heavy atom. The van der Waals surface area contributed by atoms with Crippen LogP contribution in [0.3, 0.4) is 0 Å². The van der Waals surface area contributed by atoms with Crippen LogP contribution in [0.1, 0.15) is 31.4 Å². The summed E-state index contributed by atoms with van der Waals surface area (Å²) < 4.78 is 10.7. The maximum atomic E-state index is 9.62. The molecule has 0 radical (unpaired) electrons. The number of ether oxygens (including phenoxy) is 2. The zero-order valence-electron chi connectivity index (χ0n) is 10.3. The highest BCUT2D eigenvalue weighted by Gasteiger charge is 2.10. The van der Waals surface area contributed by atoms with E-state index in [1.54, 1.807) is 32.2 Å². The van der Waals surface area contributed by atoms with Gasteiger partial charge in [0.05, 0.1) is 19.8 Å². The van der Waals surface area contributed by atoms with Gasteiger partial charge in [-0.05, 0) is 25.5 Å². The Morgan fingerprint density at radius 2 is 2.24 bits per heavy atom. The van der Waals surface area contributed by atoms with Gasteiger partial charge in [-0.1, -0.05) is 0 Å². The highest BCUT2D eigenvalue weighted by Crippen LogP contribution is 2.29. The summed E-state index contributed by atoms with van der Waals surface area (Å²) in [4.78, 5) is 0. The van der Waals surface area contributed by atoms with Crippen molar-refractivity contribution in [3.05, 3.63) is 23.8 Å². The molecule has 0 spiro atoms. The molecule has 0 heterocycles. The van der Waals surface area contributed by atoms with Gasteiger partial charge in [-0.3, -0.25) is 0 Å². The molecule has 0 unspecified atom stereocenters. The Morgan fingerprint density at radius 3 is 2.82 bits per heavy atom. The number of aliphatic hydroxyl groups is 1. The molecule has 0 aliphatic carbocycles. The van der Waals surface area contributed by atoms with Gasteiger partial charge in [-0.25, -0.2) is 0 Å². The SMILES string of the molecule is C#CCCCOc1cc(OC)ccc1[C@@H](C)O. The number of rotatable bonds is 6. The van der Waals surface area contributed by atoms with Crippen LogP contribution in [-0.2, 0) is 0 Å². The maximum Gasteiger partial charge on any atom is 0.128 e. The largest absolute Gasteiger partial charge is 0.497 e. The number of benzene rings is 1. The first-order chi connectivity index (χ1) is 8.19. The first-order valence-electron chi connectivity index (χ1n) is 5.61. The number of hydrogen-bond donors (Lipinski definition) is 1. The monoisotopic (exact) mass is 234 g/mol. The third-order valence-electron chi connectivity index (χ3n) is 2.39. The van der Waals surface area contributed by atoms with Crippen molar-refractivity contribution in [2.75, 3.05) is 13.7 Å². The molecule has 1 atom stereocenters. The fraction of sp³-hybridized carbons (Fsp3) is 0.429. The Hall–Kier alpha value is -1.66. The van der Waals surface area contributed by atoms with Crippen LogP contribution in [-0.4, -0.2) is 18.8 Å². The summed E-state index contributed by atoms with van der Waals surface area (Å²) in [5.41, 5.74) is 0.756. The molecule has 1 N–H and O–H groups in total. The van der Waals surface area contributed by atoms with Gasteiger partial charge in [0.25, 0.3) is 0 Å². The Bertz CT molecular complexity index is 391. The van der Waals surface area contributed by atoms with Crippen LogP contribution in [0.2, 0.25) is 0 Å². The Balaban J connectivity index is 2.75. The topological polar surface area (TPSA) is 38.7 Å². The van der Waals surface area contributed by atoms with Crippen molar-refractivity contribution >= 4 is 0 Å². The Labute approximate surface area is 102 Å². The average molecular weight is 234 g/mol. The van der Waals surface area contributed by atoms with E-state index >= 15 is 0 Å². The van der Waals surface area contributed by atoms with Crippen molar-refractivity contribution in [3.8, 4) is 23.8 Å². The van der Waals surface area contributed by atoms with Gasteiger partial charge in [-0.2, -0.15) is 0 Å². The molecule has 0 bridgehead atoms. The van der Waals surface area contributed by atoms with E-state index in [4.69, 9.17) is 15.9 Å². The second-order valence-electron chi connectivity index (χ2n) is 3.74. The van der Waals surface area contributed by atoms with Gasteiger partial charge in [0, 0.05) is 18.1 Å². The van der Waals surface area contributed by atoms with Crippen LogP contribution in [0.4, 0.5) is 0 Å². The lowest BCUT2D eigenvalue weighted by molar-refractivity contribution is 0.190. The lowest BCUT2D eigenvalue weighted by Crippen LogP contribution is -2.02. The molecule has 1 rings (SSSR count). The summed E-state index contributed by atoms with van der Waals surface area (Å²) in [5.74, 6) is 3.92. The third kappa shape index (κ3) is 4.01. The van der Waals surface area contributed by atoms with E-state index < -0.39 is 6.10 Å². The highest BCUT2D eigenvalue weighted by molar-refractivity contribution is 5.41. The molecule has 3 heteroatoms. The summed E-state index contributed by atoms with van der Waals surface area (Å²) in [6.45, 7) is 2.24. The maximum absolute atomic E-state index is 9.62. The molecule has 17 heavy (non-hydrogen) atoms. The zero-order chi connectivity index (χ0) is 12.7. The summed E-state index contributed by atoms with van der Waals surface area (Å²) >= 11 is 0. The minimum atomic E-state index is -0.566. The normalized spacial score (nSPS) is 11.6. The van der Waals surface area contributed by atoms with Crippen molar-refractivity contribution in [3.63, 3.8) is 0 Å². The van der Waals surface area contributed by atoms with Gasteiger partial charge < -0.3 is 14.6 Å². The molecule has 3 nitrogen and oxygen atoms in total. The number of methoxy groups -OCH3 is 1. The van der Waals surface area contributed by atoms with Crippen LogP contribution in [0, 0.1) is 12.3 Å². The molecule has 0 aromatic heterocycles. The van der Waals surface area contributed by atoms with E-state index in [9.17, 15) is 5.11 Å². The second kappa shape index (κ2) is 6.82. The van der Waals surface area contributed by atoms with Crippen molar-refractivity contribution in [1.29, 1.82) is 0 Å². The van der Waals surface area contributed by atoms with Crippen molar-refractivity contribution in [2.45, 2.75) is 25.9 Å². The van der Waals surface area contributed by atoms with Gasteiger partial charge in [0.2, 0.25) is 0 Å². The summed E-state index contributed by atoms with van der Waals surface area (Å²) in [6, 6.07) is 5.38. The van der Waals surface area contributed by atoms with Gasteiger partial charge >= 0.3 is 0 Å². The predicted octanol–water partition coefficient (Wildman–Crippen LogP) is 2.54. The number of hydrogen-bond acceptors (Lipinski definition) is 3. The molecule has 1 aromatic rings. The Kier molecular flexibility index (Phi) is 5.38. The highest BCUT2D eigenvalue weighted by atomic mass is 16.5. The van der Waals surface area contributed by atoms with Gasteiger partial charge in [-0.15, -0.1) is 12.3 Å². The first-order valence-corrected chi connectivity index (χ1v) is 5.61. The van der Waals surface area contributed by atoms with Crippen LogP contribution in [0.15, 0.2) is 18.2 Å². The predicted molar refractivity (Wildman–Crippen MR) is 67.2 cm³/mol. The van der Waals surface area contributed by atoms with Crippen LogP contribution in [0.5, 0.6) is 11.5 Å². The molecule has 0 amide bonds. The van der Waals surface area contributed by atoms with E-state index in [1.165, 1.54) is 0 Å². The lowest BCUT2D eigenvalue weighted by atomic mass is 10.1. The van der Waals surface area contributed by atoms with Crippen molar-refractivity contribution in [2.24, 2.45) is 0 Å². The summed E-state index contributed by atoms with van der Waals surface area (Å²) in [7, 11) is 1.60. The van der Waals surface area contributed by atoms with Crippen molar-refractivity contribution < 1.29 is 14.6 Å². The van der Waals surface area contributed by atoms with Crippen molar-refractivity contribution in [1.82, 2.24) is 0 Å². The summed E-state index contributed by atoms with van der Waals surface area (Å²) in [6.07, 6.45) is 6.09. The van der Waals surface area contributed by atoms with E-state index in [2.05, 4.69) is 5.92 Å². The van der Waals surface area contributed by atoms with Gasteiger partial charge in [0.15, 0.2) is 0 Å².